The zero-order valence-corrected chi connectivity index (χ0v) is 17.5. The Kier molecular flexibility index (Phi) is 9.09. The van der Waals surface area contributed by atoms with Crippen LogP contribution in [0.4, 0.5) is 13.2 Å². The molecule has 1 fully saturated rings. The van der Waals surface area contributed by atoms with Gasteiger partial charge in [0.1, 0.15) is 6.54 Å². The van der Waals surface area contributed by atoms with Gasteiger partial charge in [-0.2, -0.15) is 13.2 Å². The number of amides is 1. The highest BCUT2D eigenvalue weighted by Gasteiger charge is 2.34. The maximum Gasteiger partial charge on any atom is 0.401 e. The van der Waals surface area contributed by atoms with Crippen molar-refractivity contribution < 1.29 is 18.0 Å². The van der Waals surface area contributed by atoms with Crippen molar-refractivity contribution in [3.05, 3.63) is 30.3 Å². The third-order valence-corrected chi connectivity index (χ3v) is 5.31. The number of rotatable bonds is 8. The number of aliphatic imine (C=N–C) groups is 1. The highest BCUT2D eigenvalue weighted by Crippen LogP contribution is 2.20. The molecule has 10 heteroatoms. The van der Waals surface area contributed by atoms with Crippen molar-refractivity contribution in [2.24, 2.45) is 4.99 Å². The quantitative estimate of drug-likeness (QED) is 0.286. The fourth-order valence-electron chi connectivity index (χ4n) is 2.84. The molecule has 2 rings (SSSR count). The van der Waals surface area contributed by atoms with E-state index in [0.717, 1.165) is 10.6 Å². The standard InChI is InChI=1S/C19H28F3N5OS/c1-26(2)17(28)12-24-18(23-9-11-29-16-6-4-3-5-7-16)25-15-8-10-27(13-15)14-19(20,21)22/h3-7,15H,8-14H2,1-2H3,(H2,23,24,25). The maximum atomic E-state index is 12.6. The number of likely N-dealkylation sites (N-methyl/N-ethyl adjacent to an activating group) is 1. The Balaban J connectivity index is 1.85. The van der Waals surface area contributed by atoms with E-state index in [4.69, 9.17) is 0 Å². The number of likely N-dealkylation sites (tertiary alicyclic amines) is 1. The lowest BCUT2D eigenvalue weighted by atomic mass is 10.3. The van der Waals surface area contributed by atoms with E-state index in [2.05, 4.69) is 15.6 Å². The Morgan fingerprint density at radius 1 is 1.31 bits per heavy atom. The number of halogens is 3. The van der Waals surface area contributed by atoms with Crippen molar-refractivity contribution in [1.82, 2.24) is 20.4 Å². The van der Waals surface area contributed by atoms with Crippen LogP contribution < -0.4 is 10.6 Å². The van der Waals surface area contributed by atoms with Crippen molar-refractivity contribution in [2.75, 3.05) is 52.6 Å². The third kappa shape index (κ3) is 9.40. The van der Waals surface area contributed by atoms with E-state index in [9.17, 15) is 18.0 Å². The number of alkyl halides is 3. The van der Waals surface area contributed by atoms with Gasteiger partial charge in [-0.3, -0.25) is 9.69 Å². The van der Waals surface area contributed by atoms with Gasteiger partial charge in [0, 0.05) is 50.4 Å². The lowest BCUT2D eigenvalue weighted by molar-refractivity contribution is -0.143. The van der Waals surface area contributed by atoms with Crippen LogP contribution in [0.3, 0.4) is 0 Å². The minimum Gasteiger partial charge on any atom is -0.356 e. The fraction of sp³-hybridized carbons (Fsp3) is 0.579. The van der Waals surface area contributed by atoms with Gasteiger partial charge in [-0.25, -0.2) is 4.99 Å². The van der Waals surface area contributed by atoms with Crippen LogP contribution in [0.2, 0.25) is 0 Å². The second-order valence-corrected chi connectivity index (χ2v) is 8.19. The van der Waals surface area contributed by atoms with Crippen LogP contribution in [0.5, 0.6) is 0 Å². The Morgan fingerprint density at radius 3 is 2.69 bits per heavy atom. The van der Waals surface area contributed by atoms with Gasteiger partial charge < -0.3 is 15.5 Å². The molecule has 29 heavy (non-hydrogen) atoms. The van der Waals surface area contributed by atoms with Gasteiger partial charge in [-0.05, 0) is 18.6 Å². The molecule has 0 saturated carbocycles. The lowest BCUT2D eigenvalue weighted by Crippen LogP contribution is -2.46. The summed E-state index contributed by atoms with van der Waals surface area (Å²) < 4.78 is 37.8. The lowest BCUT2D eigenvalue weighted by Gasteiger charge is -2.20. The molecule has 1 heterocycles. The molecule has 1 saturated heterocycles. The summed E-state index contributed by atoms with van der Waals surface area (Å²) in [5.41, 5.74) is 0. The van der Waals surface area contributed by atoms with Crippen LogP contribution in [-0.2, 0) is 4.79 Å². The van der Waals surface area contributed by atoms with E-state index in [1.165, 1.54) is 9.80 Å². The van der Waals surface area contributed by atoms with E-state index in [0.29, 0.717) is 32.0 Å². The van der Waals surface area contributed by atoms with Crippen LogP contribution >= 0.6 is 11.8 Å². The number of nitrogens with one attached hydrogen (secondary N) is 2. The van der Waals surface area contributed by atoms with Crippen molar-refractivity contribution >= 4 is 23.6 Å². The number of hydrogen-bond donors (Lipinski definition) is 2. The predicted molar refractivity (Wildman–Crippen MR) is 110 cm³/mol. The van der Waals surface area contributed by atoms with Gasteiger partial charge in [0.15, 0.2) is 5.96 Å². The number of guanidine groups is 1. The van der Waals surface area contributed by atoms with Crippen LogP contribution in [0, 0.1) is 0 Å². The Morgan fingerprint density at radius 2 is 2.03 bits per heavy atom. The highest BCUT2D eigenvalue weighted by molar-refractivity contribution is 7.99. The second kappa shape index (κ2) is 11.3. The summed E-state index contributed by atoms with van der Waals surface area (Å²) in [4.78, 5) is 20.1. The van der Waals surface area contributed by atoms with Crippen molar-refractivity contribution in [3.8, 4) is 0 Å². The average molecular weight is 432 g/mol. The summed E-state index contributed by atoms with van der Waals surface area (Å²) >= 11 is 1.69. The molecule has 1 aliphatic heterocycles. The first-order valence-corrected chi connectivity index (χ1v) is 10.4. The minimum absolute atomic E-state index is 0.0207. The van der Waals surface area contributed by atoms with Crippen LogP contribution in [0.1, 0.15) is 6.42 Å². The fourth-order valence-corrected chi connectivity index (χ4v) is 3.63. The summed E-state index contributed by atoms with van der Waals surface area (Å²) in [7, 11) is 3.31. The molecule has 162 valence electrons. The minimum atomic E-state index is -4.20. The average Bonchev–Trinajstić information content (AvgIpc) is 3.08. The number of carbonyl (C=O) groups is 1. The number of benzene rings is 1. The van der Waals surface area contributed by atoms with E-state index in [1.54, 1.807) is 25.9 Å². The first-order chi connectivity index (χ1) is 13.7. The van der Waals surface area contributed by atoms with Crippen molar-refractivity contribution in [2.45, 2.75) is 23.5 Å². The van der Waals surface area contributed by atoms with Crippen LogP contribution in [-0.4, -0.2) is 86.5 Å². The van der Waals surface area contributed by atoms with Gasteiger partial charge in [-0.15, -0.1) is 11.8 Å². The van der Waals surface area contributed by atoms with Gasteiger partial charge in [-0.1, -0.05) is 18.2 Å². The second-order valence-electron chi connectivity index (χ2n) is 7.02. The zero-order valence-electron chi connectivity index (χ0n) is 16.7. The SMILES string of the molecule is CN(C)C(=O)CN=C(NCCSc1ccccc1)NC1CCN(CC(F)(F)F)C1. The van der Waals surface area contributed by atoms with Crippen molar-refractivity contribution in [1.29, 1.82) is 0 Å². The van der Waals surface area contributed by atoms with E-state index < -0.39 is 12.7 Å². The Hall–Kier alpha value is -1.94. The molecule has 1 aromatic rings. The molecule has 0 radical (unpaired) electrons. The number of nitrogens with zero attached hydrogens (tertiary/aromatic N) is 3. The molecule has 1 aliphatic rings. The van der Waals surface area contributed by atoms with Gasteiger partial charge in [0.25, 0.3) is 0 Å². The molecule has 6 nitrogen and oxygen atoms in total. The summed E-state index contributed by atoms with van der Waals surface area (Å²) in [6.45, 7) is 0.358. The Labute approximate surface area is 173 Å². The van der Waals surface area contributed by atoms with E-state index >= 15 is 0 Å². The normalized spacial score (nSPS) is 18.0. The summed E-state index contributed by atoms with van der Waals surface area (Å²) in [6.07, 6.45) is -3.60. The molecule has 0 bridgehead atoms. The third-order valence-electron chi connectivity index (χ3n) is 4.29. The molecule has 1 aromatic carbocycles. The topological polar surface area (TPSA) is 60.0 Å². The largest absolute Gasteiger partial charge is 0.401 e. The molecular weight excluding hydrogens is 403 g/mol. The molecule has 0 aliphatic carbocycles. The summed E-state index contributed by atoms with van der Waals surface area (Å²) in [5.74, 6) is 1.10. The van der Waals surface area contributed by atoms with Crippen LogP contribution in [0.15, 0.2) is 40.2 Å². The molecule has 2 N–H and O–H groups in total. The first-order valence-electron chi connectivity index (χ1n) is 9.45. The van der Waals surface area contributed by atoms with Gasteiger partial charge in [0.2, 0.25) is 5.91 Å². The first kappa shape index (κ1) is 23.3. The number of thioether (sulfide) groups is 1. The van der Waals surface area contributed by atoms with Crippen LogP contribution in [0.25, 0.3) is 0 Å². The highest BCUT2D eigenvalue weighted by atomic mass is 32.2. The molecular formula is C19H28F3N5OS. The van der Waals surface area contributed by atoms with E-state index in [1.807, 2.05) is 30.3 Å². The van der Waals surface area contributed by atoms with E-state index in [-0.39, 0.29) is 18.5 Å². The number of hydrogen-bond acceptors (Lipinski definition) is 4. The van der Waals surface area contributed by atoms with Gasteiger partial charge in [0.05, 0.1) is 6.54 Å². The monoisotopic (exact) mass is 431 g/mol. The zero-order chi connectivity index (χ0) is 21.3. The molecule has 0 spiro atoms. The van der Waals surface area contributed by atoms with Crippen molar-refractivity contribution in [3.63, 3.8) is 0 Å². The summed E-state index contributed by atoms with van der Waals surface area (Å²) in [5, 5.41) is 6.36. The predicted octanol–water partition coefficient (Wildman–Crippen LogP) is 2.04. The molecule has 1 atom stereocenters. The number of carbonyl (C=O) groups excluding carboxylic acids is 1. The molecule has 1 unspecified atom stereocenters. The molecule has 1 amide bonds. The maximum absolute atomic E-state index is 12.6. The van der Waals surface area contributed by atoms with Gasteiger partial charge >= 0.3 is 6.18 Å². The smallest absolute Gasteiger partial charge is 0.356 e. The Bertz CT molecular complexity index is 670. The molecule has 0 aromatic heterocycles. The summed E-state index contributed by atoms with van der Waals surface area (Å²) in [6, 6.07) is 9.83.